The van der Waals surface area contributed by atoms with Crippen LogP contribution in [0.2, 0.25) is 0 Å². The molecule has 2 fully saturated rings. The Labute approximate surface area is 174 Å². The van der Waals surface area contributed by atoms with Crippen LogP contribution in [0.25, 0.3) is 17.0 Å². The van der Waals surface area contributed by atoms with E-state index in [0.717, 1.165) is 30.7 Å². The van der Waals surface area contributed by atoms with E-state index in [1.54, 1.807) is 4.57 Å². The Morgan fingerprint density at radius 3 is 2.47 bits per heavy atom. The fourth-order valence-corrected chi connectivity index (χ4v) is 3.95. The summed E-state index contributed by atoms with van der Waals surface area (Å²) in [6.45, 7) is 8.32. The molecular formula is C20H26N8O2. The quantitative estimate of drug-likeness (QED) is 0.682. The van der Waals surface area contributed by atoms with Gasteiger partial charge in [0.1, 0.15) is 0 Å². The van der Waals surface area contributed by atoms with Crippen molar-refractivity contribution in [2.45, 2.75) is 26.0 Å². The van der Waals surface area contributed by atoms with Crippen LogP contribution in [0.3, 0.4) is 0 Å². The molecule has 0 unspecified atom stereocenters. The van der Waals surface area contributed by atoms with Crippen molar-refractivity contribution in [2.75, 3.05) is 55.0 Å². The van der Waals surface area contributed by atoms with Crippen molar-refractivity contribution in [3.8, 4) is 5.95 Å². The van der Waals surface area contributed by atoms with Gasteiger partial charge >= 0.3 is 0 Å². The third-order valence-electron chi connectivity index (χ3n) is 5.82. The summed E-state index contributed by atoms with van der Waals surface area (Å²) in [5, 5.41) is 0. The predicted molar refractivity (Wildman–Crippen MR) is 114 cm³/mol. The van der Waals surface area contributed by atoms with Crippen LogP contribution in [0.5, 0.6) is 0 Å². The summed E-state index contributed by atoms with van der Waals surface area (Å²) in [4.78, 5) is 23.2. The summed E-state index contributed by atoms with van der Waals surface area (Å²) in [6, 6.07) is 7.93. The van der Waals surface area contributed by atoms with Crippen LogP contribution in [0.1, 0.15) is 13.8 Å². The van der Waals surface area contributed by atoms with Crippen LogP contribution in [-0.4, -0.2) is 76.1 Å². The van der Waals surface area contributed by atoms with Crippen LogP contribution < -0.4 is 15.5 Å². The average Bonchev–Trinajstić information content (AvgIpc) is 3.11. The van der Waals surface area contributed by atoms with Crippen molar-refractivity contribution in [3.63, 3.8) is 0 Å². The highest BCUT2D eigenvalue weighted by Crippen LogP contribution is 2.26. The van der Waals surface area contributed by atoms with E-state index in [1.807, 2.05) is 24.3 Å². The zero-order valence-corrected chi connectivity index (χ0v) is 17.2. The molecule has 0 saturated carbocycles. The largest absolute Gasteiger partial charge is 0.378 e. The van der Waals surface area contributed by atoms with Crippen molar-refractivity contribution in [1.82, 2.24) is 24.5 Å². The molecule has 1 aromatic carbocycles. The Bertz CT molecular complexity index is 1050. The SMILES string of the molecule is C[C@@H]1OCCN(c2nc(N3CCOCC3)nc(-n3c(N)nc4ccccc43)n2)[C@H]1C. The Kier molecular flexibility index (Phi) is 4.87. The topological polar surface area (TPSA) is 107 Å². The highest BCUT2D eigenvalue weighted by Gasteiger charge is 2.29. The minimum Gasteiger partial charge on any atom is -0.378 e. The van der Waals surface area contributed by atoms with Gasteiger partial charge in [0.15, 0.2) is 0 Å². The molecule has 10 nitrogen and oxygen atoms in total. The van der Waals surface area contributed by atoms with Crippen LogP contribution in [-0.2, 0) is 9.47 Å². The third-order valence-corrected chi connectivity index (χ3v) is 5.82. The second-order valence-corrected chi connectivity index (χ2v) is 7.64. The van der Waals surface area contributed by atoms with E-state index >= 15 is 0 Å². The fourth-order valence-electron chi connectivity index (χ4n) is 3.95. The minimum atomic E-state index is 0.0879. The molecule has 2 aliphatic rings. The van der Waals surface area contributed by atoms with Gasteiger partial charge in [-0.25, -0.2) is 9.55 Å². The van der Waals surface area contributed by atoms with Crippen molar-refractivity contribution >= 4 is 28.9 Å². The van der Waals surface area contributed by atoms with Gasteiger partial charge in [-0.3, -0.25) is 0 Å². The summed E-state index contributed by atoms with van der Waals surface area (Å²) >= 11 is 0. The van der Waals surface area contributed by atoms with E-state index in [0.29, 0.717) is 43.6 Å². The molecule has 158 valence electrons. The van der Waals surface area contributed by atoms with Gasteiger partial charge in [-0.1, -0.05) is 12.1 Å². The summed E-state index contributed by atoms with van der Waals surface area (Å²) in [6.07, 6.45) is 0.0879. The van der Waals surface area contributed by atoms with Gasteiger partial charge in [-0.2, -0.15) is 15.0 Å². The summed E-state index contributed by atoms with van der Waals surface area (Å²) in [5.74, 6) is 2.08. The number of morpholine rings is 2. The number of imidazole rings is 1. The molecule has 2 aliphatic heterocycles. The number of ether oxygens (including phenoxy) is 2. The van der Waals surface area contributed by atoms with Crippen molar-refractivity contribution in [1.29, 1.82) is 0 Å². The van der Waals surface area contributed by atoms with E-state index in [4.69, 9.17) is 30.2 Å². The molecule has 2 saturated heterocycles. The molecule has 5 rings (SSSR count). The molecule has 0 spiro atoms. The van der Waals surface area contributed by atoms with Gasteiger partial charge in [-0.05, 0) is 26.0 Å². The Morgan fingerprint density at radius 2 is 1.63 bits per heavy atom. The zero-order valence-electron chi connectivity index (χ0n) is 17.2. The number of benzene rings is 1. The first-order valence-corrected chi connectivity index (χ1v) is 10.3. The lowest BCUT2D eigenvalue weighted by molar-refractivity contribution is 0.0277. The molecule has 0 aliphatic carbocycles. The minimum absolute atomic E-state index is 0.0879. The zero-order chi connectivity index (χ0) is 20.7. The number of anilines is 3. The first-order valence-electron chi connectivity index (χ1n) is 10.3. The number of rotatable bonds is 3. The Hall–Kier alpha value is -2.98. The van der Waals surface area contributed by atoms with E-state index in [-0.39, 0.29) is 12.1 Å². The molecule has 2 atom stereocenters. The summed E-state index contributed by atoms with van der Waals surface area (Å²) < 4.78 is 13.1. The second kappa shape index (κ2) is 7.69. The van der Waals surface area contributed by atoms with Crippen LogP contribution in [0.4, 0.5) is 17.8 Å². The number of hydrogen-bond donors (Lipinski definition) is 1. The molecule has 30 heavy (non-hydrogen) atoms. The maximum atomic E-state index is 6.28. The van der Waals surface area contributed by atoms with Gasteiger partial charge in [0.05, 0.1) is 43.0 Å². The lowest BCUT2D eigenvalue weighted by atomic mass is 10.1. The maximum absolute atomic E-state index is 6.28. The van der Waals surface area contributed by atoms with Crippen LogP contribution in [0.15, 0.2) is 24.3 Å². The molecule has 4 heterocycles. The van der Waals surface area contributed by atoms with Gasteiger partial charge in [-0.15, -0.1) is 0 Å². The Balaban J connectivity index is 1.65. The lowest BCUT2D eigenvalue weighted by Gasteiger charge is -2.38. The number of nitrogen functional groups attached to an aromatic ring is 1. The number of fused-ring (bicyclic) bond motifs is 1. The first-order chi connectivity index (χ1) is 14.6. The van der Waals surface area contributed by atoms with Crippen molar-refractivity contribution < 1.29 is 9.47 Å². The highest BCUT2D eigenvalue weighted by atomic mass is 16.5. The third kappa shape index (κ3) is 3.31. The number of para-hydroxylation sites is 2. The van der Waals surface area contributed by atoms with E-state index < -0.39 is 0 Å². The van der Waals surface area contributed by atoms with Crippen LogP contribution in [0, 0.1) is 0 Å². The van der Waals surface area contributed by atoms with Gasteiger partial charge in [0.2, 0.25) is 23.8 Å². The molecule has 10 heteroatoms. The van der Waals surface area contributed by atoms with E-state index in [2.05, 4.69) is 28.6 Å². The molecule has 2 aromatic heterocycles. The predicted octanol–water partition coefficient (Wildman–Crippen LogP) is 1.24. The lowest BCUT2D eigenvalue weighted by Crippen LogP contribution is -2.49. The highest BCUT2D eigenvalue weighted by molar-refractivity contribution is 5.80. The Morgan fingerprint density at radius 1 is 0.900 bits per heavy atom. The number of nitrogens with zero attached hydrogens (tertiary/aromatic N) is 7. The molecule has 3 aromatic rings. The number of hydrogen-bond acceptors (Lipinski definition) is 9. The summed E-state index contributed by atoms with van der Waals surface area (Å²) in [7, 11) is 0. The molecular weight excluding hydrogens is 384 g/mol. The standard InChI is InChI=1S/C20H26N8O2/c1-13-14(2)30-12-9-27(13)19-23-18(26-7-10-29-11-8-26)24-20(25-19)28-16-6-4-3-5-15(16)22-17(28)21/h3-6,13-14H,7-12H2,1-2H3,(H2,21,22)/t13-,14-/m0/s1. The van der Waals surface area contributed by atoms with E-state index in [9.17, 15) is 0 Å². The smallest absolute Gasteiger partial charge is 0.243 e. The monoisotopic (exact) mass is 410 g/mol. The fraction of sp³-hybridized carbons (Fsp3) is 0.500. The second-order valence-electron chi connectivity index (χ2n) is 7.64. The maximum Gasteiger partial charge on any atom is 0.243 e. The molecule has 0 amide bonds. The van der Waals surface area contributed by atoms with Gasteiger partial charge < -0.3 is 25.0 Å². The van der Waals surface area contributed by atoms with Gasteiger partial charge in [0, 0.05) is 19.6 Å². The average molecular weight is 410 g/mol. The van der Waals surface area contributed by atoms with Crippen molar-refractivity contribution in [3.05, 3.63) is 24.3 Å². The van der Waals surface area contributed by atoms with Crippen LogP contribution >= 0.6 is 0 Å². The molecule has 0 radical (unpaired) electrons. The number of nitrogens with two attached hydrogens (primary N) is 1. The summed E-state index contributed by atoms with van der Waals surface area (Å²) in [5.41, 5.74) is 7.94. The molecule has 2 N–H and O–H groups in total. The van der Waals surface area contributed by atoms with E-state index in [1.165, 1.54) is 0 Å². The van der Waals surface area contributed by atoms with Crippen molar-refractivity contribution in [2.24, 2.45) is 0 Å². The molecule has 0 bridgehead atoms. The van der Waals surface area contributed by atoms with Gasteiger partial charge in [0.25, 0.3) is 0 Å². The number of aromatic nitrogens is 5. The normalized spacial score (nSPS) is 22.6. The first kappa shape index (κ1) is 19.0.